The quantitative estimate of drug-likeness (QED) is 0.232. The van der Waals surface area contributed by atoms with Crippen LogP contribution in [-0.4, -0.2) is 43.0 Å². The van der Waals surface area contributed by atoms with E-state index in [1.165, 1.54) is 7.11 Å². The first-order valence-electron chi connectivity index (χ1n) is 14.7. The summed E-state index contributed by atoms with van der Waals surface area (Å²) >= 11 is 0. The molecule has 0 heterocycles. The van der Waals surface area contributed by atoms with Crippen LogP contribution in [0.5, 0.6) is 5.75 Å². The average molecular weight is 583 g/mol. The number of methoxy groups -OCH3 is 1. The summed E-state index contributed by atoms with van der Waals surface area (Å²) in [6.45, 7) is 11.9. The molecule has 0 spiro atoms. The van der Waals surface area contributed by atoms with E-state index < -0.39 is 29.8 Å². The molecule has 0 unspecified atom stereocenters. The molecular formula is C33H46N2O7. The van der Waals surface area contributed by atoms with E-state index in [-0.39, 0.29) is 25.0 Å². The number of esters is 1. The highest BCUT2D eigenvalue weighted by Crippen LogP contribution is 2.35. The molecule has 1 saturated carbocycles. The van der Waals surface area contributed by atoms with Crippen LogP contribution in [0.25, 0.3) is 0 Å². The predicted octanol–water partition coefficient (Wildman–Crippen LogP) is 6.88. The first kappa shape index (κ1) is 32.8. The molecule has 2 aromatic rings. The number of carbonyl (C=O) groups is 3. The first-order valence-corrected chi connectivity index (χ1v) is 14.7. The second-order valence-corrected chi connectivity index (χ2v) is 12.4. The minimum absolute atomic E-state index is 0.0660. The summed E-state index contributed by atoms with van der Waals surface area (Å²) in [5.41, 5.74) is 1.20. The smallest absolute Gasteiger partial charge is 0.412 e. The predicted molar refractivity (Wildman–Crippen MR) is 161 cm³/mol. The molecule has 0 radical (unpaired) electrons. The Morgan fingerprint density at radius 3 is 2.33 bits per heavy atom. The number of benzene rings is 2. The van der Waals surface area contributed by atoms with Crippen molar-refractivity contribution >= 4 is 23.8 Å². The van der Waals surface area contributed by atoms with E-state index in [4.69, 9.17) is 18.9 Å². The molecule has 0 aromatic heterocycles. The van der Waals surface area contributed by atoms with Crippen LogP contribution >= 0.6 is 0 Å². The maximum atomic E-state index is 13.6. The van der Waals surface area contributed by atoms with Crippen LogP contribution in [0.1, 0.15) is 71.9 Å². The summed E-state index contributed by atoms with van der Waals surface area (Å²) in [4.78, 5) is 39.0. The highest BCUT2D eigenvalue weighted by Gasteiger charge is 2.35. The molecule has 9 nitrogen and oxygen atoms in total. The van der Waals surface area contributed by atoms with Gasteiger partial charge in [0.15, 0.2) is 0 Å². The van der Waals surface area contributed by atoms with Gasteiger partial charge in [0, 0.05) is 6.42 Å². The zero-order valence-corrected chi connectivity index (χ0v) is 25.9. The van der Waals surface area contributed by atoms with Crippen LogP contribution in [0.4, 0.5) is 15.3 Å². The molecule has 2 amide bonds. The van der Waals surface area contributed by atoms with Crippen molar-refractivity contribution in [3.8, 4) is 5.75 Å². The van der Waals surface area contributed by atoms with E-state index in [0.29, 0.717) is 28.8 Å². The van der Waals surface area contributed by atoms with E-state index in [2.05, 4.69) is 31.4 Å². The zero-order chi connectivity index (χ0) is 30.9. The van der Waals surface area contributed by atoms with Crippen LogP contribution in [0.2, 0.25) is 0 Å². The summed E-state index contributed by atoms with van der Waals surface area (Å²) in [5.74, 6) is 0.967. The van der Waals surface area contributed by atoms with Crippen molar-refractivity contribution in [2.75, 3.05) is 12.4 Å². The van der Waals surface area contributed by atoms with Gasteiger partial charge in [-0.25, -0.2) is 14.4 Å². The van der Waals surface area contributed by atoms with Gasteiger partial charge in [-0.3, -0.25) is 5.32 Å². The minimum atomic E-state index is -1.01. The SMILES string of the molecule is COc1ccc(C[C@@H](NC(=O)OCc2ccccc2)C(=O)O[C@H]2C[C@H](C)CC[C@@H]2C(C)C)cc1NC(=O)OC(C)(C)C. The number of hydrogen-bond donors (Lipinski definition) is 2. The molecule has 0 bridgehead atoms. The normalized spacial score (nSPS) is 19.4. The summed E-state index contributed by atoms with van der Waals surface area (Å²) in [6.07, 6.45) is 1.40. The fourth-order valence-corrected chi connectivity index (χ4v) is 5.21. The number of ether oxygens (including phenoxy) is 4. The van der Waals surface area contributed by atoms with Gasteiger partial charge in [-0.05, 0) is 74.6 Å². The van der Waals surface area contributed by atoms with Gasteiger partial charge in [0.1, 0.15) is 30.1 Å². The van der Waals surface area contributed by atoms with Crippen molar-refractivity contribution in [3.63, 3.8) is 0 Å². The molecule has 2 N–H and O–H groups in total. The van der Waals surface area contributed by atoms with Crippen LogP contribution in [0, 0.1) is 17.8 Å². The van der Waals surface area contributed by atoms with Gasteiger partial charge in [-0.1, -0.05) is 63.6 Å². The number of amides is 2. The first-order chi connectivity index (χ1) is 19.8. The summed E-state index contributed by atoms with van der Waals surface area (Å²) < 4.78 is 22.3. The van der Waals surface area contributed by atoms with Crippen molar-refractivity contribution in [3.05, 3.63) is 59.7 Å². The molecule has 1 aliphatic carbocycles. The Morgan fingerprint density at radius 2 is 1.69 bits per heavy atom. The topological polar surface area (TPSA) is 112 Å². The number of anilines is 1. The summed E-state index contributed by atoms with van der Waals surface area (Å²) in [6, 6.07) is 13.5. The van der Waals surface area contributed by atoms with Crippen LogP contribution < -0.4 is 15.4 Å². The fourth-order valence-electron chi connectivity index (χ4n) is 5.21. The molecule has 4 atom stereocenters. The summed E-state index contributed by atoms with van der Waals surface area (Å²) in [7, 11) is 1.50. The Bertz CT molecular complexity index is 1190. The van der Waals surface area contributed by atoms with Gasteiger partial charge in [0.2, 0.25) is 0 Å². The van der Waals surface area contributed by atoms with Gasteiger partial charge in [0.05, 0.1) is 12.8 Å². The molecule has 1 fully saturated rings. The van der Waals surface area contributed by atoms with E-state index >= 15 is 0 Å². The van der Waals surface area contributed by atoms with E-state index in [1.807, 2.05) is 30.3 Å². The summed E-state index contributed by atoms with van der Waals surface area (Å²) in [5, 5.41) is 5.44. The van der Waals surface area contributed by atoms with Crippen molar-refractivity contribution in [1.82, 2.24) is 5.32 Å². The van der Waals surface area contributed by atoms with Crippen LogP contribution in [-0.2, 0) is 32.0 Å². The third-order valence-corrected chi connectivity index (χ3v) is 7.36. The highest BCUT2D eigenvalue weighted by molar-refractivity contribution is 5.87. The molecular weight excluding hydrogens is 536 g/mol. The highest BCUT2D eigenvalue weighted by atomic mass is 16.6. The second-order valence-electron chi connectivity index (χ2n) is 12.4. The molecule has 0 aliphatic heterocycles. The lowest BCUT2D eigenvalue weighted by Gasteiger charge is -2.37. The molecule has 42 heavy (non-hydrogen) atoms. The molecule has 2 aromatic carbocycles. The lowest BCUT2D eigenvalue weighted by Crippen LogP contribution is -2.46. The van der Waals surface area contributed by atoms with E-state index in [9.17, 15) is 14.4 Å². The lowest BCUT2D eigenvalue weighted by atomic mass is 9.75. The molecule has 9 heteroatoms. The van der Waals surface area contributed by atoms with Gasteiger partial charge in [0.25, 0.3) is 0 Å². The number of alkyl carbamates (subject to hydrolysis) is 1. The Kier molecular flexibility index (Phi) is 11.6. The van der Waals surface area contributed by atoms with Crippen molar-refractivity contribution in [1.29, 1.82) is 0 Å². The number of nitrogens with one attached hydrogen (secondary N) is 2. The monoisotopic (exact) mass is 582 g/mol. The van der Waals surface area contributed by atoms with Gasteiger partial charge >= 0.3 is 18.2 Å². The Balaban J connectivity index is 1.80. The molecule has 0 saturated heterocycles. The largest absolute Gasteiger partial charge is 0.495 e. The standard InChI is InChI=1S/C33H46N2O7/c1-21(2)25-15-13-22(3)17-29(25)41-30(36)27(35-31(37)40-20-23-11-9-8-10-12-23)19-24-14-16-28(39-7)26(18-24)34-32(38)42-33(4,5)6/h8-12,14,16,18,21-22,25,27,29H,13,15,17,19-20H2,1-7H3,(H,34,38)(H,35,37)/t22-,25-,27-,29+/m1/s1. The number of carbonyl (C=O) groups excluding carboxylic acids is 3. The zero-order valence-electron chi connectivity index (χ0n) is 25.9. The fraction of sp³-hybridized carbons (Fsp3) is 0.545. The van der Waals surface area contributed by atoms with Crippen LogP contribution in [0.15, 0.2) is 48.5 Å². The second kappa shape index (κ2) is 14.9. The van der Waals surface area contributed by atoms with Gasteiger partial charge in [-0.2, -0.15) is 0 Å². The van der Waals surface area contributed by atoms with Crippen molar-refractivity contribution in [2.24, 2.45) is 17.8 Å². The maximum Gasteiger partial charge on any atom is 0.412 e. The van der Waals surface area contributed by atoms with Gasteiger partial charge in [-0.15, -0.1) is 0 Å². The van der Waals surface area contributed by atoms with Crippen molar-refractivity contribution in [2.45, 2.75) is 91.6 Å². The number of hydrogen-bond acceptors (Lipinski definition) is 7. The Labute approximate surface area is 249 Å². The number of rotatable bonds is 10. The van der Waals surface area contributed by atoms with E-state index in [1.54, 1.807) is 39.0 Å². The third-order valence-electron chi connectivity index (χ3n) is 7.36. The Morgan fingerprint density at radius 1 is 0.976 bits per heavy atom. The van der Waals surface area contributed by atoms with E-state index in [0.717, 1.165) is 24.8 Å². The van der Waals surface area contributed by atoms with Crippen LogP contribution in [0.3, 0.4) is 0 Å². The lowest BCUT2D eigenvalue weighted by molar-refractivity contribution is -0.158. The molecule has 1 aliphatic rings. The maximum absolute atomic E-state index is 13.6. The Hall–Kier alpha value is -3.75. The van der Waals surface area contributed by atoms with Crippen molar-refractivity contribution < 1.29 is 33.3 Å². The average Bonchev–Trinajstić information content (AvgIpc) is 2.91. The molecule has 230 valence electrons. The third kappa shape index (κ3) is 10.3. The minimum Gasteiger partial charge on any atom is -0.495 e. The molecule has 3 rings (SSSR count). The van der Waals surface area contributed by atoms with Gasteiger partial charge < -0.3 is 24.3 Å².